The molecule has 0 aliphatic carbocycles. The maximum Gasteiger partial charge on any atom is 0.263 e. The largest absolute Gasteiger partial charge is 0.545 e. The second-order valence-electron chi connectivity index (χ2n) is 6.40. The summed E-state index contributed by atoms with van der Waals surface area (Å²) in [6.07, 6.45) is 0. The van der Waals surface area contributed by atoms with Crippen molar-refractivity contribution in [2.24, 2.45) is 0 Å². The van der Waals surface area contributed by atoms with Crippen LogP contribution in [0.4, 0.5) is 11.4 Å². The number of nitrogens with one attached hydrogen (secondary N) is 2. The van der Waals surface area contributed by atoms with Gasteiger partial charge in [-0.1, -0.05) is 30.3 Å². The van der Waals surface area contributed by atoms with Crippen LogP contribution in [0.5, 0.6) is 0 Å². The number of amides is 1. The maximum absolute atomic E-state index is 12.8. The molecule has 3 aromatic rings. The van der Waals surface area contributed by atoms with Gasteiger partial charge in [-0.2, -0.15) is 0 Å². The minimum atomic E-state index is -4.17. The summed E-state index contributed by atoms with van der Waals surface area (Å²) in [5, 5.41) is 24.5. The van der Waals surface area contributed by atoms with Crippen molar-refractivity contribution in [3.63, 3.8) is 0 Å². The van der Waals surface area contributed by atoms with Gasteiger partial charge in [-0.15, -0.1) is 0 Å². The SMILES string of the molecule is O=C([O-])c1ccc(NS(=O)(=O)c2cc(C(=O)Nc3ccccc3C(=O)[O-])ccc2Br)cc1. The third kappa shape index (κ3) is 5.13. The zero-order valence-electron chi connectivity index (χ0n) is 16.0. The van der Waals surface area contributed by atoms with Crippen molar-refractivity contribution in [1.82, 2.24) is 0 Å². The number of para-hydroxylation sites is 1. The third-order valence-corrected chi connectivity index (χ3v) is 6.63. The predicted molar refractivity (Wildman–Crippen MR) is 114 cm³/mol. The van der Waals surface area contributed by atoms with Gasteiger partial charge < -0.3 is 25.1 Å². The molecule has 0 aromatic heterocycles. The van der Waals surface area contributed by atoms with E-state index in [9.17, 15) is 33.0 Å². The summed E-state index contributed by atoms with van der Waals surface area (Å²) in [4.78, 5) is 34.4. The van der Waals surface area contributed by atoms with Gasteiger partial charge in [0.2, 0.25) is 0 Å². The van der Waals surface area contributed by atoms with Crippen LogP contribution in [-0.2, 0) is 10.0 Å². The first kappa shape index (κ1) is 23.0. The van der Waals surface area contributed by atoms with Crippen LogP contribution in [0.1, 0.15) is 31.1 Å². The minimum absolute atomic E-state index is 0.00374. The fraction of sp³-hybridized carbons (Fsp3) is 0. The van der Waals surface area contributed by atoms with E-state index < -0.39 is 27.9 Å². The van der Waals surface area contributed by atoms with E-state index in [1.54, 1.807) is 0 Å². The number of aromatic carboxylic acids is 2. The van der Waals surface area contributed by atoms with E-state index in [0.29, 0.717) is 0 Å². The number of halogens is 1. The fourth-order valence-corrected chi connectivity index (χ4v) is 4.75. The molecule has 9 nitrogen and oxygen atoms in total. The molecular weight excluding hydrogens is 504 g/mol. The molecular formula is C21H13BrN2O7S-2. The molecule has 0 aliphatic rings. The van der Waals surface area contributed by atoms with E-state index in [2.05, 4.69) is 26.0 Å². The van der Waals surface area contributed by atoms with Crippen molar-refractivity contribution in [3.05, 3.63) is 87.9 Å². The molecule has 0 unspecified atom stereocenters. The van der Waals surface area contributed by atoms with Gasteiger partial charge in [-0.05, 0) is 57.9 Å². The topological polar surface area (TPSA) is 156 Å². The number of carboxylic acid groups (broad SMARTS) is 2. The van der Waals surface area contributed by atoms with Gasteiger partial charge in [0.05, 0.1) is 17.6 Å². The Bertz CT molecular complexity index is 1320. The van der Waals surface area contributed by atoms with Crippen LogP contribution >= 0.6 is 15.9 Å². The summed E-state index contributed by atoms with van der Waals surface area (Å²) in [5.74, 6) is -3.61. The van der Waals surface area contributed by atoms with Crippen LogP contribution in [0, 0.1) is 0 Å². The standard InChI is InChI=1S/C21H15BrN2O7S/c22-16-10-7-13(19(25)23-17-4-2-1-3-15(17)21(28)29)11-18(16)32(30,31)24-14-8-5-12(6-9-14)20(26)27/h1-11,24H,(H,23,25)(H,26,27)(H,28,29)/p-2. The Hall–Kier alpha value is -3.70. The van der Waals surface area contributed by atoms with Crippen LogP contribution in [0.25, 0.3) is 0 Å². The number of hydrogen-bond donors (Lipinski definition) is 2. The van der Waals surface area contributed by atoms with E-state index in [1.165, 1.54) is 60.7 Å². The fourth-order valence-electron chi connectivity index (χ4n) is 2.70. The monoisotopic (exact) mass is 516 g/mol. The summed E-state index contributed by atoms with van der Waals surface area (Å²) < 4.78 is 28.1. The summed E-state index contributed by atoms with van der Waals surface area (Å²) >= 11 is 3.13. The summed E-state index contributed by atoms with van der Waals surface area (Å²) in [6, 6.07) is 14.3. The lowest BCUT2D eigenvalue weighted by Gasteiger charge is -2.14. The number of benzene rings is 3. The Kier molecular flexibility index (Phi) is 6.61. The molecule has 0 bridgehead atoms. The molecule has 0 heterocycles. The summed E-state index contributed by atoms with van der Waals surface area (Å²) in [7, 11) is -4.17. The Labute approximate surface area is 190 Å². The van der Waals surface area contributed by atoms with Gasteiger partial charge in [-0.3, -0.25) is 9.52 Å². The number of hydrogen-bond acceptors (Lipinski definition) is 7. The lowest BCUT2D eigenvalue weighted by atomic mass is 10.1. The molecule has 0 spiro atoms. The lowest BCUT2D eigenvalue weighted by molar-refractivity contribution is -0.256. The molecule has 3 rings (SSSR count). The molecule has 0 aliphatic heterocycles. The Balaban J connectivity index is 1.88. The molecule has 0 saturated heterocycles. The molecule has 164 valence electrons. The van der Waals surface area contributed by atoms with Crippen LogP contribution in [-0.4, -0.2) is 26.3 Å². The number of anilines is 2. The van der Waals surface area contributed by atoms with Crippen molar-refractivity contribution >= 4 is 55.2 Å². The lowest BCUT2D eigenvalue weighted by Crippen LogP contribution is -2.25. The molecule has 11 heteroatoms. The van der Waals surface area contributed by atoms with Crippen molar-refractivity contribution in [2.45, 2.75) is 4.90 Å². The maximum atomic E-state index is 12.8. The van der Waals surface area contributed by atoms with E-state index in [-0.39, 0.29) is 37.4 Å². The van der Waals surface area contributed by atoms with Gasteiger partial charge in [0.15, 0.2) is 0 Å². The van der Waals surface area contributed by atoms with Crippen LogP contribution < -0.4 is 20.3 Å². The first-order valence-corrected chi connectivity index (χ1v) is 11.1. The number of sulfonamides is 1. The second-order valence-corrected chi connectivity index (χ2v) is 8.91. The van der Waals surface area contributed by atoms with E-state index in [0.717, 1.165) is 6.07 Å². The van der Waals surface area contributed by atoms with Gasteiger partial charge in [0.1, 0.15) is 4.90 Å². The van der Waals surface area contributed by atoms with Crippen molar-refractivity contribution in [3.8, 4) is 0 Å². The van der Waals surface area contributed by atoms with Crippen LogP contribution in [0.3, 0.4) is 0 Å². The quantitative estimate of drug-likeness (QED) is 0.478. The number of rotatable bonds is 7. The van der Waals surface area contributed by atoms with Crippen LogP contribution in [0.15, 0.2) is 76.1 Å². The molecule has 0 fully saturated rings. The Morgan fingerprint density at radius 2 is 1.44 bits per heavy atom. The second kappa shape index (κ2) is 9.20. The third-order valence-electron chi connectivity index (χ3n) is 4.25. The first-order chi connectivity index (χ1) is 15.1. The highest BCUT2D eigenvalue weighted by Gasteiger charge is 2.21. The molecule has 32 heavy (non-hydrogen) atoms. The van der Waals surface area contributed by atoms with Crippen molar-refractivity contribution in [2.75, 3.05) is 10.0 Å². The molecule has 2 N–H and O–H groups in total. The number of carbonyl (C=O) groups excluding carboxylic acids is 3. The first-order valence-electron chi connectivity index (χ1n) is 8.84. The summed E-state index contributed by atoms with van der Waals surface area (Å²) in [5.41, 5.74) is -0.304. The van der Waals surface area contributed by atoms with Crippen molar-refractivity contribution < 1.29 is 33.0 Å². The minimum Gasteiger partial charge on any atom is -0.545 e. The van der Waals surface area contributed by atoms with E-state index in [4.69, 9.17) is 0 Å². The summed E-state index contributed by atoms with van der Waals surface area (Å²) in [6.45, 7) is 0. The van der Waals surface area contributed by atoms with Gasteiger partial charge in [0, 0.05) is 21.3 Å². The zero-order valence-corrected chi connectivity index (χ0v) is 18.4. The average molecular weight is 517 g/mol. The molecule has 3 aromatic carbocycles. The normalized spacial score (nSPS) is 10.9. The number of carbonyl (C=O) groups is 3. The molecule has 1 amide bonds. The Morgan fingerprint density at radius 1 is 0.812 bits per heavy atom. The van der Waals surface area contributed by atoms with E-state index >= 15 is 0 Å². The van der Waals surface area contributed by atoms with Gasteiger partial charge >= 0.3 is 0 Å². The smallest absolute Gasteiger partial charge is 0.263 e. The zero-order chi connectivity index (χ0) is 23.5. The highest BCUT2D eigenvalue weighted by molar-refractivity contribution is 9.10. The number of carboxylic acids is 2. The van der Waals surface area contributed by atoms with Gasteiger partial charge in [0.25, 0.3) is 15.9 Å². The molecule has 0 radical (unpaired) electrons. The average Bonchev–Trinajstić information content (AvgIpc) is 2.74. The van der Waals surface area contributed by atoms with Crippen LogP contribution in [0.2, 0.25) is 0 Å². The Morgan fingerprint density at radius 3 is 2.06 bits per heavy atom. The van der Waals surface area contributed by atoms with Gasteiger partial charge in [-0.25, -0.2) is 8.42 Å². The highest BCUT2D eigenvalue weighted by atomic mass is 79.9. The van der Waals surface area contributed by atoms with Crippen molar-refractivity contribution in [1.29, 1.82) is 0 Å². The highest BCUT2D eigenvalue weighted by Crippen LogP contribution is 2.26. The molecule has 0 atom stereocenters. The van der Waals surface area contributed by atoms with E-state index in [1.807, 2.05) is 0 Å². The predicted octanol–water partition coefficient (Wildman–Crippen LogP) is 1.23. The molecule has 0 saturated carbocycles.